The van der Waals surface area contributed by atoms with Gasteiger partial charge in [-0.15, -0.1) is 0 Å². The second-order valence-corrected chi connectivity index (χ2v) is 8.70. The van der Waals surface area contributed by atoms with E-state index in [1.165, 1.54) is 12.8 Å². The van der Waals surface area contributed by atoms with Crippen molar-refractivity contribution in [2.24, 2.45) is 0 Å². The second kappa shape index (κ2) is 10.7. The van der Waals surface area contributed by atoms with Gasteiger partial charge in [0.05, 0.1) is 12.3 Å². The molecular formula is C24H26BrN5O2. The van der Waals surface area contributed by atoms with Crippen LogP contribution in [0.15, 0.2) is 59.2 Å². The minimum atomic E-state index is -0.107. The van der Waals surface area contributed by atoms with Crippen LogP contribution in [0.3, 0.4) is 0 Å². The lowest BCUT2D eigenvalue weighted by Crippen LogP contribution is -2.33. The summed E-state index contributed by atoms with van der Waals surface area (Å²) < 4.78 is 0.791. The van der Waals surface area contributed by atoms with E-state index in [1.807, 2.05) is 36.4 Å². The number of halogens is 1. The predicted octanol–water partition coefficient (Wildman–Crippen LogP) is 3.97. The maximum Gasteiger partial charge on any atom is 0.251 e. The number of carbonyl (C=O) groups is 1. The minimum Gasteiger partial charge on any atom is -0.392 e. The van der Waals surface area contributed by atoms with Gasteiger partial charge in [0.15, 0.2) is 0 Å². The predicted molar refractivity (Wildman–Crippen MR) is 129 cm³/mol. The van der Waals surface area contributed by atoms with Crippen LogP contribution in [0.5, 0.6) is 0 Å². The van der Waals surface area contributed by atoms with Crippen molar-refractivity contribution in [2.75, 3.05) is 31.5 Å². The van der Waals surface area contributed by atoms with Crippen LogP contribution in [0.2, 0.25) is 0 Å². The van der Waals surface area contributed by atoms with Crippen LogP contribution < -0.4 is 10.6 Å². The fourth-order valence-electron chi connectivity index (χ4n) is 3.77. The Morgan fingerprint density at radius 3 is 2.78 bits per heavy atom. The standard InChI is InChI=1S/C24H26BrN5O2/c25-20-13-19(23(32)26-8-11-30-9-1-2-10-30)14-21(15-20)28-24-27-7-6-22(29-24)18-5-3-4-17(12-18)16-31/h3-7,12-15,31H,1-2,8-11,16H2,(H,26,32)(H,27,28,29). The van der Waals surface area contributed by atoms with Gasteiger partial charge in [0.25, 0.3) is 5.91 Å². The SMILES string of the molecule is O=C(NCCN1CCCC1)c1cc(Br)cc(Nc2nccc(-c3cccc(CO)c3)n2)c1. The van der Waals surface area contributed by atoms with Gasteiger partial charge in [0, 0.05) is 40.6 Å². The van der Waals surface area contributed by atoms with Crippen molar-refractivity contribution in [3.63, 3.8) is 0 Å². The van der Waals surface area contributed by atoms with Gasteiger partial charge < -0.3 is 20.6 Å². The molecule has 8 heteroatoms. The molecule has 1 aliphatic heterocycles. The Kier molecular flexibility index (Phi) is 7.47. The molecule has 2 aromatic carbocycles. The van der Waals surface area contributed by atoms with Crippen molar-refractivity contribution in [3.8, 4) is 11.3 Å². The van der Waals surface area contributed by atoms with E-state index in [-0.39, 0.29) is 12.5 Å². The van der Waals surface area contributed by atoms with E-state index >= 15 is 0 Å². The van der Waals surface area contributed by atoms with Crippen LogP contribution in [-0.2, 0) is 6.61 Å². The molecule has 32 heavy (non-hydrogen) atoms. The molecule has 1 aromatic heterocycles. The number of anilines is 2. The summed E-state index contributed by atoms with van der Waals surface area (Å²) in [6, 6.07) is 14.9. The summed E-state index contributed by atoms with van der Waals surface area (Å²) in [7, 11) is 0. The Bertz CT molecular complexity index is 1090. The summed E-state index contributed by atoms with van der Waals surface area (Å²) in [5.41, 5.74) is 3.74. The fraction of sp³-hybridized carbons (Fsp3) is 0.292. The van der Waals surface area contributed by atoms with Crippen LogP contribution in [0.1, 0.15) is 28.8 Å². The topological polar surface area (TPSA) is 90.4 Å². The molecule has 4 rings (SSSR count). The van der Waals surface area contributed by atoms with E-state index in [4.69, 9.17) is 0 Å². The van der Waals surface area contributed by atoms with Crippen LogP contribution in [0.4, 0.5) is 11.6 Å². The molecule has 1 aliphatic rings. The smallest absolute Gasteiger partial charge is 0.251 e. The third-order valence-electron chi connectivity index (χ3n) is 5.39. The Labute approximate surface area is 196 Å². The molecule has 3 N–H and O–H groups in total. The zero-order chi connectivity index (χ0) is 22.3. The lowest BCUT2D eigenvalue weighted by atomic mass is 10.1. The van der Waals surface area contributed by atoms with E-state index < -0.39 is 0 Å². The molecule has 0 radical (unpaired) electrons. The van der Waals surface area contributed by atoms with Gasteiger partial charge >= 0.3 is 0 Å². The number of likely N-dealkylation sites (tertiary alicyclic amines) is 1. The van der Waals surface area contributed by atoms with Gasteiger partial charge in [-0.2, -0.15) is 0 Å². The number of rotatable bonds is 8. The number of hydrogen-bond donors (Lipinski definition) is 3. The van der Waals surface area contributed by atoms with Crippen molar-refractivity contribution in [2.45, 2.75) is 19.4 Å². The summed E-state index contributed by atoms with van der Waals surface area (Å²) in [6.45, 7) is 3.72. The molecule has 2 heterocycles. The molecule has 1 fully saturated rings. The zero-order valence-electron chi connectivity index (χ0n) is 17.7. The summed E-state index contributed by atoms with van der Waals surface area (Å²) in [4.78, 5) is 23.9. The molecule has 0 unspecified atom stereocenters. The van der Waals surface area contributed by atoms with Crippen LogP contribution in [0.25, 0.3) is 11.3 Å². The highest BCUT2D eigenvalue weighted by molar-refractivity contribution is 9.10. The van der Waals surface area contributed by atoms with Gasteiger partial charge in [-0.3, -0.25) is 4.79 Å². The molecule has 0 spiro atoms. The summed E-state index contributed by atoms with van der Waals surface area (Å²) >= 11 is 3.49. The number of aliphatic hydroxyl groups excluding tert-OH is 1. The number of aromatic nitrogens is 2. The Hall–Kier alpha value is -2.81. The van der Waals surface area contributed by atoms with Crippen LogP contribution in [-0.4, -0.2) is 52.1 Å². The Morgan fingerprint density at radius 1 is 1.12 bits per heavy atom. The molecule has 1 saturated heterocycles. The number of nitrogens with one attached hydrogen (secondary N) is 2. The normalized spacial score (nSPS) is 13.8. The molecule has 166 valence electrons. The van der Waals surface area contributed by atoms with Gasteiger partial charge in [-0.1, -0.05) is 34.1 Å². The van der Waals surface area contributed by atoms with Gasteiger partial charge in [-0.25, -0.2) is 9.97 Å². The van der Waals surface area contributed by atoms with E-state index in [0.717, 1.165) is 40.9 Å². The first-order valence-corrected chi connectivity index (χ1v) is 11.5. The maximum absolute atomic E-state index is 12.6. The second-order valence-electron chi connectivity index (χ2n) is 7.78. The average molecular weight is 496 g/mol. The first-order valence-electron chi connectivity index (χ1n) is 10.7. The minimum absolute atomic E-state index is 0.0229. The number of carbonyl (C=O) groups excluding carboxylic acids is 1. The van der Waals surface area contributed by atoms with E-state index in [9.17, 15) is 9.90 Å². The van der Waals surface area contributed by atoms with Crippen molar-refractivity contribution >= 4 is 33.5 Å². The van der Waals surface area contributed by atoms with Crippen molar-refractivity contribution in [1.82, 2.24) is 20.2 Å². The van der Waals surface area contributed by atoms with Gasteiger partial charge in [0.2, 0.25) is 5.95 Å². The lowest BCUT2D eigenvalue weighted by Gasteiger charge is -2.15. The number of aliphatic hydroxyl groups is 1. The Morgan fingerprint density at radius 2 is 1.97 bits per heavy atom. The van der Waals surface area contributed by atoms with Gasteiger partial charge in [-0.05, 0) is 61.8 Å². The van der Waals surface area contributed by atoms with Crippen molar-refractivity contribution in [3.05, 3.63) is 70.3 Å². The molecule has 0 aliphatic carbocycles. The van der Waals surface area contributed by atoms with E-state index in [0.29, 0.717) is 23.7 Å². The number of nitrogens with zero attached hydrogens (tertiary/aromatic N) is 3. The van der Waals surface area contributed by atoms with E-state index in [1.54, 1.807) is 18.3 Å². The number of hydrogen-bond acceptors (Lipinski definition) is 6. The largest absolute Gasteiger partial charge is 0.392 e. The summed E-state index contributed by atoms with van der Waals surface area (Å²) in [6.07, 6.45) is 4.16. The third-order valence-corrected chi connectivity index (χ3v) is 5.85. The highest BCUT2D eigenvalue weighted by Crippen LogP contribution is 2.24. The molecule has 1 amide bonds. The fourth-order valence-corrected chi connectivity index (χ4v) is 4.26. The van der Waals surface area contributed by atoms with Crippen molar-refractivity contribution < 1.29 is 9.90 Å². The molecule has 7 nitrogen and oxygen atoms in total. The molecule has 0 atom stereocenters. The van der Waals surface area contributed by atoms with Crippen molar-refractivity contribution in [1.29, 1.82) is 0 Å². The monoisotopic (exact) mass is 495 g/mol. The third kappa shape index (κ3) is 5.91. The number of benzene rings is 2. The summed E-state index contributed by atoms with van der Waals surface area (Å²) in [5, 5.41) is 15.6. The molecule has 0 bridgehead atoms. The van der Waals surface area contributed by atoms with Gasteiger partial charge in [0.1, 0.15) is 0 Å². The lowest BCUT2D eigenvalue weighted by molar-refractivity contribution is 0.0949. The average Bonchev–Trinajstić information content (AvgIpc) is 3.32. The molecule has 3 aromatic rings. The quantitative estimate of drug-likeness (QED) is 0.438. The molecule has 0 saturated carbocycles. The van der Waals surface area contributed by atoms with Crippen LogP contribution >= 0.6 is 15.9 Å². The maximum atomic E-state index is 12.6. The first kappa shape index (κ1) is 22.4. The highest BCUT2D eigenvalue weighted by Gasteiger charge is 2.13. The first-order chi connectivity index (χ1) is 15.6. The zero-order valence-corrected chi connectivity index (χ0v) is 19.3. The number of amides is 1. The highest BCUT2D eigenvalue weighted by atomic mass is 79.9. The van der Waals surface area contributed by atoms with Crippen LogP contribution in [0, 0.1) is 0 Å². The Balaban J connectivity index is 1.45. The summed E-state index contributed by atoms with van der Waals surface area (Å²) in [5.74, 6) is 0.319. The molecular weight excluding hydrogens is 470 g/mol. The van der Waals surface area contributed by atoms with E-state index in [2.05, 4.69) is 41.4 Å².